The number of anilines is 2. The lowest BCUT2D eigenvalue weighted by atomic mass is 9.75. The molecule has 3 saturated heterocycles. The molecule has 4 aliphatic heterocycles. The van der Waals surface area contributed by atoms with Gasteiger partial charge in [-0.3, -0.25) is 19.3 Å². The minimum Gasteiger partial charge on any atom is -0.324 e. The van der Waals surface area contributed by atoms with Crippen LogP contribution in [0.1, 0.15) is 24.0 Å². The zero-order chi connectivity index (χ0) is 19.9. The van der Waals surface area contributed by atoms with Crippen molar-refractivity contribution >= 4 is 29.1 Å². The third-order valence-electron chi connectivity index (χ3n) is 7.16. The van der Waals surface area contributed by atoms with Crippen molar-refractivity contribution in [3.8, 4) is 0 Å². The van der Waals surface area contributed by atoms with Crippen LogP contribution in [0.3, 0.4) is 0 Å². The number of para-hydroxylation sites is 1. The Morgan fingerprint density at radius 1 is 1.03 bits per heavy atom. The molecule has 0 radical (unpaired) electrons. The average molecular weight is 387 g/mol. The Hall–Kier alpha value is -2.99. The predicted octanol–water partition coefficient (Wildman–Crippen LogP) is 2.43. The summed E-state index contributed by atoms with van der Waals surface area (Å²) >= 11 is 0. The summed E-state index contributed by atoms with van der Waals surface area (Å²) in [6, 6.07) is 14.9. The van der Waals surface area contributed by atoms with Crippen molar-refractivity contribution in [3.63, 3.8) is 0 Å². The molecule has 0 unspecified atom stereocenters. The fourth-order valence-electron chi connectivity index (χ4n) is 6.15. The lowest BCUT2D eigenvalue weighted by Gasteiger charge is -2.36. The highest BCUT2D eigenvalue weighted by Crippen LogP contribution is 2.60. The van der Waals surface area contributed by atoms with Gasteiger partial charge in [-0.2, -0.15) is 0 Å². The van der Waals surface area contributed by atoms with Crippen molar-refractivity contribution in [1.82, 2.24) is 4.90 Å². The van der Waals surface area contributed by atoms with Gasteiger partial charge in [0.25, 0.3) is 0 Å². The highest BCUT2D eigenvalue weighted by molar-refractivity contribution is 6.25. The van der Waals surface area contributed by atoms with Gasteiger partial charge in [0.2, 0.25) is 17.7 Å². The van der Waals surface area contributed by atoms with Crippen molar-refractivity contribution in [2.75, 3.05) is 16.8 Å². The van der Waals surface area contributed by atoms with Gasteiger partial charge in [-0.15, -0.1) is 0 Å². The molecule has 1 spiro atoms. The minimum absolute atomic E-state index is 0.0811. The molecule has 3 amide bonds. The molecule has 6 heteroatoms. The van der Waals surface area contributed by atoms with Gasteiger partial charge in [-0.1, -0.05) is 35.9 Å². The van der Waals surface area contributed by atoms with Crippen LogP contribution in [0.25, 0.3) is 0 Å². The molecule has 0 aromatic heterocycles. The number of fused-ring (bicyclic) bond motifs is 7. The molecule has 6 rings (SSSR count). The second-order valence-corrected chi connectivity index (χ2v) is 8.52. The SMILES string of the molecule is Cc1ccc2c(c1)[C@]1(C(=O)N2)[C@@H]2C(=O)N(c3ccccc3)C(=O)[C@H]2[C@H]2CCCN21. The van der Waals surface area contributed by atoms with Crippen molar-refractivity contribution in [3.05, 3.63) is 59.7 Å². The van der Waals surface area contributed by atoms with Gasteiger partial charge in [0.15, 0.2) is 0 Å². The third-order valence-corrected chi connectivity index (χ3v) is 7.16. The molecule has 146 valence electrons. The first-order valence-electron chi connectivity index (χ1n) is 10.2. The molecule has 0 aliphatic carbocycles. The van der Waals surface area contributed by atoms with Crippen LogP contribution in [-0.2, 0) is 19.9 Å². The number of amides is 3. The summed E-state index contributed by atoms with van der Waals surface area (Å²) in [6.07, 6.45) is 1.76. The lowest BCUT2D eigenvalue weighted by molar-refractivity contribution is -0.135. The molecule has 6 nitrogen and oxygen atoms in total. The quantitative estimate of drug-likeness (QED) is 0.763. The molecule has 0 bridgehead atoms. The van der Waals surface area contributed by atoms with Crippen LogP contribution < -0.4 is 10.2 Å². The number of nitrogens with zero attached hydrogens (tertiary/aromatic N) is 2. The van der Waals surface area contributed by atoms with E-state index in [1.807, 2.05) is 43.3 Å². The van der Waals surface area contributed by atoms with Gasteiger partial charge in [0.1, 0.15) is 5.54 Å². The number of imide groups is 1. The molecular formula is C23H21N3O3. The van der Waals surface area contributed by atoms with E-state index in [-0.39, 0.29) is 23.8 Å². The first kappa shape index (κ1) is 16.9. The Labute approximate surface area is 168 Å². The van der Waals surface area contributed by atoms with Crippen molar-refractivity contribution in [2.24, 2.45) is 11.8 Å². The summed E-state index contributed by atoms with van der Waals surface area (Å²) in [7, 11) is 0. The highest BCUT2D eigenvalue weighted by atomic mass is 16.2. The van der Waals surface area contributed by atoms with E-state index in [0.29, 0.717) is 5.69 Å². The number of hydrogen-bond donors (Lipinski definition) is 1. The molecule has 1 N–H and O–H groups in total. The van der Waals surface area contributed by atoms with Crippen LogP contribution >= 0.6 is 0 Å². The van der Waals surface area contributed by atoms with E-state index in [2.05, 4.69) is 10.2 Å². The highest BCUT2D eigenvalue weighted by Gasteiger charge is 2.74. The maximum Gasteiger partial charge on any atom is 0.250 e. The Kier molecular flexibility index (Phi) is 3.23. The van der Waals surface area contributed by atoms with Gasteiger partial charge < -0.3 is 5.32 Å². The smallest absolute Gasteiger partial charge is 0.250 e. The van der Waals surface area contributed by atoms with E-state index in [0.717, 1.165) is 36.2 Å². The number of carbonyl (C=O) groups is 3. The maximum atomic E-state index is 13.7. The molecule has 4 aliphatic rings. The van der Waals surface area contributed by atoms with Crippen LogP contribution in [0.5, 0.6) is 0 Å². The standard InChI is InChI=1S/C23H21N3O3/c1-13-9-10-16-15(12-13)23(22(29)24-16)19-18(17-8-5-11-25(17)23)20(27)26(21(19)28)14-6-3-2-4-7-14/h2-4,6-7,9-10,12,17-19H,5,8,11H2,1H3,(H,24,29)/t17-,18+,19+,23-/m1/s1. The normalized spacial score (nSPS) is 32.7. The first-order valence-corrected chi connectivity index (χ1v) is 10.2. The molecule has 2 aromatic rings. The Morgan fingerprint density at radius 3 is 2.62 bits per heavy atom. The largest absolute Gasteiger partial charge is 0.324 e. The molecule has 2 aromatic carbocycles. The summed E-state index contributed by atoms with van der Waals surface area (Å²) < 4.78 is 0. The molecular weight excluding hydrogens is 366 g/mol. The van der Waals surface area contributed by atoms with Crippen LogP contribution in [-0.4, -0.2) is 35.2 Å². The molecule has 29 heavy (non-hydrogen) atoms. The Morgan fingerprint density at radius 2 is 1.83 bits per heavy atom. The van der Waals surface area contributed by atoms with E-state index in [1.165, 1.54) is 4.90 Å². The summed E-state index contributed by atoms with van der Waals surface area (Å²) in [5.74, 6) is -1.78. The van der Waals surface area contributed by atoms with Gasteiger partial charge in [-0.05, 0) is 44.5 Å². The summed E-state index contributed by atoms with van der Waals surface area (Å²) in [6.45, 7) is 2.72. The number of rotatable bonds is 1. The fourth-order valence-corrected chi connectivity index (χ4v) is 6.15. The Balaban J connectivity index is 1.58. The van der Waals surface area contributed by atoms with E-state index >= 15 is 0 Å². The minimum atomic E-state index is -1.09. The van der Waals surface area contributed by atoms with E-state index < -0.39 is 17.4 Å². The van der Waals surface area contributed by atoms with Crippen molar-refractivity contribution in [1.29, 1.82) is 0 Å². The van der Waals surface area contributed by atoms with Crippen LogP contribution in [0.2, 0.25) is 0 Å². The van der Waals surface area contributed by atoms with Crippen molar-refractivity contribution < 1.29 is 14.4 Å². The number of hydrogen-bond acceptors (Lipinski definition) is 4. The number of aryl methyl sites for hydroxylation is 1. The van der Waals surface area contributed by atoms with E-state index in [4.69, 9.17) is 0 Å². The second-order valence-electron chi connectivity index (χ2n) is 8.52. The molecule has 3 fully saturated rings. The predicted molar refractivity (Wildman–Crippen MR) is 107 cm³/mol. The molecule has 0 saturated carbocycles. The zero-order valence-electron chi connectivity index (χ0n) is 16.1. The van der Waals surface area contributed by atoms with Gasteiger partial charge in [0.05, 0.1) is 17.5 Å². The van der Waals surface area contributed by atoms with Crippen LogP contribution in [0.15, 0.2) is 48.5 Å². The fraction of sp³-hybridized carbons (Fsp3) is 0.348. The second kappa shape index (κ2) is 5.54. The topological polar surface area (TPSA) is 69.7 Å². The summed E-state index contributed by atoms with van der Waals surface area (Å²) in [5, 5.41) is 3.01. The lowest BCUT2D eigenvalue weighted by Crippen LogP contribution is -2.54. The average Bonchev–Trinajstić information content (AvgIpc) is 3.41. The van der Waals surface area contributed by atoms with Gasteiger partial charge in [0, 0.05) is 17.3 Å². The number of nitrogens with one attached hydrogen (secondary N) is 1. The zero-order valence-corrected chi connectivity index (χ0v) is 16.1. The van der Waals surface area contributed by atoms with Gasteiger partial charge in [-0.25, -0.2) is 4.90 Å². The molecule has 4 atom stereocenters. The van der Waals surface area contributed by atoms with Crippen molar-refractivity contribution in [2.45, 2.75) is 31.3 Å². The molecule has 4 heterocycles. The summed E-state index contributed by atoms with van der Waals surface area (Å²) in [5.41, 5.74) is 2.13. The number of carbonyl (C=O) groups excluding carboxylic acids is 3. The maximum absolute atomic E-state index is 13.7. The van der Waals surface area contributed by atoms with Crippen LogP contribution in [0.4, 0.5) is 11.4 Å². The summed E-state index contributed by atoms with van der Waals surface area (Å²) in [4.78, 5) is 44.2. The van der Waals surface area contributed by atoms with Crippen LogP contribution in [0, 0.1) is 18.8 Å². The van der Waals surface area contributed by atoms with Gasteiger partial charge >= 0.3 is 0 Å². The van der Waals surface area contributed by atoms with E-state index in [9.17, 15) is 14.4 Å². The Bertz CT molecular complexity index is 1080. The third kappa shape index (κ3) is 1.88. The number of benzene rings is 2. The first-order chi connectivity index (χ1) is 14.0. The van der Waals surface area contributed by atoms with E-state index in [1.54, 1.807) is 12.1 Å². The monoisotopic (exact) mass is 387 g/mol.